The van der Waals surface area contributed by atoms with E-state index >= 15 is 0 Å². The Bertz CT molecular complexity index is 930. The zero-order valence-electron chi connectivity index (χ0n) is 14.0. The molecule has 1 aliphatic rings. The van der Waals surface area contributed by atoms with Crippen molar-refractivity contribution in [3.63, 3.8) is 0 Å². The fourth-order valence-corrected chi connectivity index (χ4v) is 6.17. The number of thiophene rings is 1. The fraction of sp³-hybridized carbons (Fsp3) is 0.353. The Labute approximate surface area is 164 Å². The summed E-state index contributed by atoms with van der Waals surface area (Å²) < 4.78 is 41.7. The molecular formula is C17H18BrFN2O3S2. The van der Waals surface area contributed by atoms with E-state index in [1.807, 2.05) is 6.92 Å². The van der Waals surface area contributed by atoms with Crippen LogP contribution in [-0.4, -0.2) is 31.7 Å². The van der Waals surface area contributed by atoms with Crippen LogP contribution < -0.4 is 5.32 Å². The van der Waals surface area contributed by atoms with Gasteiger partial charge < -0.3 is 5.32 Å². The third-order valence-electron chi connectivity index (χ3n) is 4.25. The standard InChI is InChI=1S/C17H18BrFN2O3S2/c1-11-4-7-16(25-11)26(23,24)21-8-2-3-12(10-21)17(22)20-15-6-5-13(18)9-14(15)19/h4-7,9,12H,2-3,8,10H2,1H3,(H,20,22). The summed E-state index contributed by atoms with van der Waals surface area (Å²) in [6.45, 7) is 2.34. The Morgan fingerprint density at radius 3 is 2.77 bits per heavy atom. The predicted octanol–water partition coefficient (Wildman–Crippen LogP) is 4.00. The van der Waals surface area contributed by atoms with Gasteiger partial charge in [-0.15, -0.1) is 11.3 Å². The number of piperidine rings is 1. The number of hydrogen-bond donors (Lipinski definition) is 1. The Morgan fingerprint density at radius 2 is 2.12 bits per heavy atom. The van der Waals surface area contributed by atoms with Crippen LogP contribution in [0.15, 0.2) is 39.0 Å². The number of halogens is 2. The average Bonchev–Trinajstić information content (AvgIpc) is 3.05. The highest BCUT2D eigenvalue weighted by atomic mass is 79.9. The number of hydrogen-bond acceptors (Lipinski definition) is 4. The molecule has 1 atom stereocenters. The number of amides is 1. The summed E-state index contributed by atoms with van der Waals surface area (Å²) in [6.07, 6.45) is 1.16. The van der Waals surface area contributed by atoms with Crippen molar-refractivity contribution in [2.75, 3.05) is 18.4 Å². The highest BCUT2D eigenvalue weighted by Crippen LogP contribution is 2.29. The van der Waals surface area contributed by atoms with Gasteiger partial charge in [0.2, 0.25) is 5.91 Å². The number of nitrogens with zero attached hydrogens (tertiary/aromatic N) is 1. The number of carbonyl (C=O) groups is 1. The number of nitrogens with one attached hydrogen (secondary N) is 1. The molecule has 1 unspecified atom stereocenters. The molecule has 1 aromatic heterocycles. The smallest absolute Gasteiger partial charge is 0.252 e. The average molecular weight is 461 g/mol. The van der Waals surface area contributed by atoms with Crippen LogP contribution in [0.4, 0.5) is 10.1 Å². The number of benzene rings is 1. The molecule has 1 N–H and O–H groups in total. The van der Waals surface area contributed by atoms with Crippen molar-refractivity contribution in [3.05, 3.63) is 45.5 Å². The molecule has 1 aromatic carbocycles. The second kappa shape index (κ2) is 7.75. The van der Waals surface area contributed by atoms with Crippen molar-refractivity contribution in [1.29, 1.82) is 0 Å². The van der Waals surface area contributed by atoms with Gasteiger partial charge in [0.05, 0.1) is 11.6 Å². The molecule has 1 amide bonds. The number of rotatable bonds is 4. The number of anilines is 1. The van der Waals surface area contributed by atoms with Gasteiger partial charge in [0.25, 0.3) is 10.0 Å². The van der Waals surface area contributed by atoms with Crippen molar-refractivity contribution in [1.82, 2.24) is 4.31 Å². The minimum Gasteiger partial charge on any atom is -0.323 e. The fourth-order valence-electron chi connectivity index (χ4n) is 2.88. The highest BCUT2D eigenvalue weighted by Gasteiger charge is 2.34. The Balaban J connectivity index is 1.72. The molecule has 0 saturated carbocycles. The van der Waals surface area contributed by atoms with Gasteiger partial charge in [-0.25, -0.2) is 12.8 Å². The van der Waals surface area contributed by atoms with E-state index in [1.54, 1.807) is 18.2 Å². The quantitative estimate of drug-likeness (QED) is 0.749. The van der Waals surface area contributed by atoms with Crippen LogP contribution in [0.5, 0.6) is 0 Å². The first kappa shape index (κ1) is 19.5. The molecular weight excluding hydrogens is 443 g/mol. The van der Waals surface area contributed by atoms with Crippen LogP contribution in [0, 0.1) is 18.7 Å². The van der Waals surface area contributed by atoms with Gasteiger partial charge in [0.1, 0.15) is 10.0 Å². The molecule has 0 spiro atoms. The molecule has 3 rings (SSSR count). The van der Waals surface area contributed by atoms with Crippen molar-refractivity contribution < 1.29 is 17.6 Å². The lowest BCUT2D eigenvalue weighted by atomic mass is 9.98. The summed E-state index contributed by atoms with van der Waals surface area (Å²) in [5.74, 6) is -1.42. The SMILES string of the molecule is Cc1ccc(S(=O)(=O)N2CCCC(C(=O)Nc3ccc(Br)cc3F)C2)s1. The Kier molecular flexibility index (Phi) is 5.81. The summed E-state index contributed by atoms with van der Waals surface area (Å²) in [5.41, 5.74) is 0.0899. The van der Waals surface area contributed by atoms with E-state index in [0.29, 0.717) is 23.9 Å². The van der Waals surface area contributed by atoms with Crippen LogP contribution in [0.25, 0.3) is 0 Å². The number of carbonyl (C=O) groups excluding carboxylic acids is 1. The first-order valence-corrected chi connectivity index (χ1v) is 11.1. The van der Waals surface area contributed by atoms with E-state index in [0.717, 1.165) is 4.88 Å². The molecule has 0 radical (unpaired) electrons. The van der Waals surface area contributed by atoms with Crippen LogP contribution in [-0.2, 0) is 14.8 Å². The zero-order chi connectivity index (χ0) is 18.9. The third-order valence-corrected chi connectivity index (χ3v) is 8.08. The summed E-state index contributed by atoms with van der Waals surface area (Å²) >= 11 is 4.39. The van der Waals surface area contributed by atoms with Gasteiger partial charge in [-0.05, 0) is 50.1 Å². The molecule has 1 aliphatic heterocycles. The zero-order valence-corrected chi connectivity index (χ0v) is 17.3. The summed E-state index contributed by atoms with van der Waals surface area (Å²) in [6, 6.07) is 7.74. The van der Waals surface area contributed by atoms with E-state index in [9.17, 15) is 17.6 Å². The first-order chi connectivity index (χ1) is 12.3. The molecule has 26 heavy (non-hydrogen) atoms. The molecule has 0 aliphatic carbocycles. The molecule has 2 aromatic rings. The molecule has 1 saturated heterocycles. The Morgan fingerprint density at radius 1 is 1.35 bits per heavy atom. The van der Waals surface area contributed by atoms with E-state index in [2.05, 4.69) is 21.2 Å². The number of aryl methyl sites for hydroxylation is 1. The monoisotopic (exact) mass is 460 g/mol. The lowest BCUT2D eigenvalue weighted by Crippen LogP contribution is -2.43. The van der Waals surface area contributed by atoms with E-state index in [4.69, 9.17) is 0 Å². The minimum absolute atomic E-state index is 0.0899. The largest absolute Gasteiger partial charge is 0.323 e. The van der Waals surface area contributed by atoms with E-state index < -0.39 is 21.8 Å². The van der Waals surface area contributed by atoms with Crippen LogP contribution >= 0.6 is 27.3 Å². The maximum Gasteiger partial charge on any atom is 0.252 e. The van der Waals surface area contributed by atoms with Crippen LogP contribution in [0.3, 0.4) is 0 Å². The molecule has 140 valence electrons. The minimum atomic E-state index is -3.60. The molecule has 0 bridgehead atoms. The first-order valence-electron chi connectivity index (χ1n) is 8.10. The highest BCUT2D eigenvalue weighted by molar-refractivity contribution is 9.10. The summed E-state index contributed by atoms with van der Waals surface area (Å²) in [5, 5.41) is 2.57. The van der Waals surface area contributed by atoms with Crippen molar-refractivity contribution in [2.45, 2.75) is 24.0 Å². The van der Waals surface area contributed by atoms with E-state index in [-0.39, 0.29) is 22.3 Å². The molecule has 1 fully saturated rings. The van der Waals surface area contributed by atoms with Gasteiger partial charge >= 0.3 is 0 Å². The third kappa shape index (κ3) is 4.16. The van der Waals surface area contributed by atoms with E-state index in [1.165, 1.54) is 27.8 Å². The normalized spacial score (nSPS) is 18.7. The van der Waals surface area contributed by atoms with Gasteiger partial charge in [-0.2, -0.15) is 4.31 Å². The van der Waals surface area contributed by atoms with Gasteiger partial charge in [0, 0.05) is 22.4 Å². The van der Waals surface area contributed by atoms with Crippen molar-refractivity contribution in [2.24, 2.45) is 5.92 Å². The number of sulfonamides is 1. The van der Waals surface area contributed by atoms with Crippen molar-refractivity contribution in [3.8, 4) is 0 Å². The topological polar surface area (TPSA) is 66.5 Å². The lowest BCUT2D eigenvalue weighted by Gasteiger charge is -2.30. The van der Waals surface area contributed by atoms with Gasteiger partial charge in [-0.3, -0.25) is 4.79 Å². The Hall–Kier alpha value is -1.29. The molecule has 5 nitrogen and oxygen atoms in total. The maximum absolute atomic E-state index is 13.9. The second-order valence-electron chi connectivity index (χ2n) is 6.18. The maximum atomic E-state index is 13.9. The van der Waals surface area contributed by atoms with Crippen molar-refractivity contribution >= 4 is 48.9 Å². The summed E-state index contributed by atoms with van der Waals surface area (Å²) in [4.78, 5) is 13.4. The molecule has 2 heterocycles. The van der Waals surface area contributed by atoms with Crippen LogP contribution in [0.2, 0.25) is 0 Å². The van der Waals surface area contributed by atoms with Gasteiger partial charge in [-0.1, -0.05) is 15.9 Å². The van der Waals surface area contributed by atoms with Gasteiger partial charge in [0.15, 0.2) is 0 Å². The lowest BCUT2D eigenvalue weighted by molar-refractivity contribution is -0.120. The summed E-state index contributed by atoms with van der Waals surface area (Å²) in [7, 11) is -3.60. The molecule has 9 heteroatoms. The predicted molar refractivity (Wildman–Crippen MR) is 103 cm³/mol. The van der Waals surface area contributed by atoms with Crippen LogP contribution in [0.1, 0.15) is 17.7 Å². The second-order valence-corrected chi connectivity index (χ2v) is 10.5.